The lowest BCUT2D eigenvalue weighted by Gasteiger charge is -2.07. The van der Waals surface area contributed by atoms with Crippen molar-refractivity contribution in [2.24, 2.45) is 0 Å². The number of anilines is 1. The van der Waals surface area contributed by atoms with Crippen LogP contribution in [0.2, 0.25) is 0 Å². The summed E-state index contributed by atoms with van der Waals surface area (Å²) in [4.78, 5) is 22.4. The van der Waals surface area contributed by atoms with Gasteiger partial charge in [0.15, 0.2) is 12.4 Å². The van der Waals surface area contributed by atoms with Gasteiger partial charge in [-0.25, -0.2) is 4.68 Å². The zero-order valence-corrected chi connectivity index (χ0v) is 15.3. The molecule has 0 bridgehead atoms. The van der Waals surface area contributed by atoms with Crippen LogP contribution < -0.4 is 10.1 Å². The fourth-order valence-corrected chi connectivity index (χ4v) is 2.41. The number of amides is 1. The zero-order valence-electron chi connectivity index (χ0n) is 13.7. The van der Waals surface area contributed by atoms with Gasteiger partial charge >= 0.3 is 0 Å². The highest BCUT2D eigenvalue weighted by Gasteiger charge is 2.15. The molecule has 0 aliphatic rings. The second-order valence-electron chi connectivity index (χ2n) is 5.38. The summed E-state index contributed by atoms with van der Waals surface area (Å²) in [5.41, 5.74) is -0.258. The number of nitrogens with one attached hydrogen (secondary N) is 1. The number of aromatic hydroxyl groups is 1. The van der Waals surface area contributed by atoms with Gasteiger partial charge < -0.3 is 15.2 Å². The van der Waals surface area contributed by atoms with Gasteiger partial charge in [-0.2, -0.15) is 5.10 Å². The Hall–Kier alpha value is -3.40. The summed E-state index contributed by atoms with van der Waals surface area (Å²) in [6.45, 7) is 0.0942. The Morgan fingerprint density at radius 2 is 2.00 bits per heavy atom. The third-order valence-corrected chi connectivity index (χ3v) is 4.02. The van der Waals surface area contributed by atoms with Crippen LogP contribution in [-0.2, 0) is 6.73 Å². The molecule has 9 nitrogen and oxygen atoms in total. The molecule has 1 heterocycles. The highest BCUT2D eigenvalue weighted by atomic mass is 79.9. The third-order valence-electron chi connectivity index (χ3n) is 3.49. The maximum Gasteiger partial charge on any atom is 0.276 e. The number of hydrogen-bond acceptors (Lipinski definition) is 6. The van der Waals surface area contributed by atoms with Crippen molar-refractivity contribution in [1.29, 1.82) is 0 Å². The second kappa shape index (κ2) is 7.87. The van der Waals surface area contributed by atoms with E-state index in [0.29, 0.717) is 5.75 Å². The highest BCUT2D eigenvalue weighted by Crippen LogP contribution is 2.28. The Balaban J connectivity index is 1.65. The first kappa shape index (κ1) is 18.4. The van der Waals surface area contributed by atoms with E-state index in [4.69, 9.17) is 4.74 Å². The molecule has 0 radical (unpaired) electrons. The van der Waals surface area contributed by atoms with E-state index >= 15 is 0 Å². The second-order valence-corrected chi connectivity index (χ2v) is 6.30. The quantitative estimate of drug-likeness (QED) is 0.349. The predicted molar refractivity (Wildman–Crippen MR) is 99.7 cm³/mol. The Labute approximate surface area is 161 Å². The molecule has 1 amide bonds. The number of halogens is 1. The maximum atomic E-state index is 12.3. The molecule has 1 aromatic heterocycles. The van der Waals surface area contributed by atoms with Crippen molar-refractivity contribution in [2.45, 2.75) is 6.73 Å². The molecule has 0 saturated heterocycles. The molecular formula is C17H13BrN4O5. The number of nitro benzene ring substituents is 1. The van der Waals surface area contributed by atoms with Crippen LogP contribution in [0.4, 0.5) is 11.4 Å². The first-order chi connectivity index (χ1) is 12.9. The SMILES string of the molecule is O=C(Nc1cc([N+](=O)[O-])ccc1O)c1ccn(COc2ccc(Br)cc2)n1. The van der Waals surface area contributed by atoms with E-state index in [9.17, 15) is 20.0 Å². The average Bonchev–Trinajstić information content (AvgIpc) is 3.12. The predicted octanol–water partition coefficient (Wildman–Crippen LogP) is 3.55. The van der Waals surface area contributed by atoms with E-state index in [0.717, 1.165) is 22.7 Å². The van der Waals surface area contributed by atoms with Crippen LogP contribution in [-0.4, -0.2) is 25.7 Å². The summed E-state index contributed by atoms with van der Waals surface area (Å²) in [6, 6.07) is 12.1. The lowest BCUT2D eigenvalue weighted by Crippen LogP contribution is -2.14. The molecule has 10 heteroatoms. The zero-order chi connectivity index (χ0) is 19.4. The van der Waals surface area contributed by atoms with Gasteiger partial charge in [0.1, 0.15) is 11.5 Å². The van der Waals surface area contributed by atoms with E-state index in [1.165, 1.54) is 10.7 Å². The van der Waals surface area contributed by atoms with Crippen LogP contribution in [0.3, 0.4) is 0 Å². The molecule has 0 saturated carbocycles. The van der Waals surface area contributed by atoms with Crippen LogP contribution in [0.1, 0.15) is 10.5 Å². The Morgan fingerprint density at radius 3 is 2.70 bits per heavy atom. The first-order valence-corrected chi connectivity index (χ1v) is 8.42. The summed E-state index contributed by atoms with van der Waals surface area (Å²) >= 11 is 3.33. The van der Waals surface area contributed by atoms with E-state index in [1.807, 2.05) is 12.1 Å². The summed E-state index contributed by atoms with van der Waals surface area (Å²) in [6.07, 6.45) is 1.56. The minimum Gasteiger partial charge on any atom is -0.506 e. The van der Waals surface area contributed by atoms with Crippen LogP contribution in [0, 0.1) is 10.1 Å². The summed E-state index contributed by atoms with van der Waals surface area (Å²) < 4.78 is 7.90. The van der Waals surface area contributed by atoms with Crippen molar-refractivity contribution in [2.75, 3.05) is 5.32 Å². The molecule has 27 heavy (non-hydrogen) atoms. The number of benzene rings is 2. The van der Waals surface area contributed by atoms with Crippen molar-refractivity contribution >= 4 is 33.2 Å². The van der Waals surface area contributed by atoms with Crippen molar-refractivity contribution in [1.82, 2.24) is 9.78 Å². The number of nitrogens with zero attached hydrogens (tertiary/aromatic N) is 3. The van der Waals surface area contributed by atoms with Crippen LogP contribution in [0.15, 0.2) is 59.2 Å². The van der Waals surface area contributed by atoms with Gasteiger partial charge in [-0.3, -0.25) is 14.9 Å². The Morgan fingerprint density at radius 1 is 1.26 bits per heavy atom. The summed E-state index contributed by atoms with van der Waals surface area (Å²) in [5.74, 6) is -0.263. The molecule has 2 aromatic carbocycles. The fraction of sp³-hybridized carbons (Fsp3) is 0.0588. The van der Waals surface area contributed by atoms with Crippen LogP contribution in [0.5, 0.6) is 11.5 Å². The van der Waals surface area contributed by atoms with Gasteiger partial charge in [0, 0.05) is 22.8 Å². The van der Waals surface area contributed by atoms with Gasteiger partial charge in [-0.05, 0) is 36.4 Å². The Bertz CT molecular complexity index is 987. The number of carbonyl (C=O) groups is 1. The number of hydrogen-bond donors (Lipinski definition) is 2. The molecular weight excluding hydrogens is 420 g/mol. The fourth-order valence-electron chi connectivity index (χ4n) is 2.15. The first-order valence-electron chi connectivity index (χ1n) is 7.63. The minimum atomic E-state index is -0.622. The number of carbonyl (C=O) groups excluding carboxylic acids is 1. The minimum absolute atomic E-state index is 0.0697. The van der Waals surface area contributed by atoms with Crippen molar-refractivity contribution in [3.8, 4) is 11.5 Å². The smallest absolute Gasteiger partial charge is 0.276 e. The molecule has 3 aromatic rings. The topological polar surface area (TPSA) is 120 Å². The van der Waals surface area contributed by atoms with E-state index in [-0.39, 0.29) is 29.5 Å². The molecule has 0 unspecified atom stereocenters. The maximum absolute atomic E-state index is 12.3. The van der Waals surface area contributed by atoms with Crippen molar-refractivity contribution in [3.05, 3.63) is 75.0 Å². The number of phenolic OH excluding ortho intramolecular Hbond substituents is 1. The highest BCUT2D eigenvalue weighted by molar-refractivity contribution is 9.10. The van der Waals surface area contributed by atoms with Gasteiger partial charge in [-0.15, -0.1) is 0 Å². The molecule has 0 fully saturated rings. The van der Waals surface area contributed by atoms with Crippen LogP contribution in [0.25, 0.3) is 0 Å². The summed E-state index contributed by atoms with van der Waals surface area (Å²) in [7, 11) is 0. The number of ether oxygens (including phenoxy) is 1. The number of rotatable bonds is 6. The van der Waals surface area contributed by atoms with Gasteiger partial charge in [0.25, 0.3) is 11.6 Å². The molecule has 3 rings (SSSR count). The molecule has 138 valence electrons. The Kier molecular flexibility index (Phi) is 5.36. The number of nitro groups is 1. The number of aromatic nitrogens is 2. The largest absolute Gasteiger partial charge is 0.506 e. The van der Waals surface area contributed by atoms with Crippen molar-refractivity contribution in [3.63, 3.8) is 0 Å². The monoisotopic (exact) mass is 432 g/mol. The van der Waals surface area contributed by atoms with E-state index in [2.05, 4.69) is 26.3 Å². The third kappa shape index (κ3) is 4.61. The van der Waals surface area contributed by atoms with E-state index < -0.39 is 10.8 Å². The van der Waals surface area contributed by atoms with Crippen molar-refractivity contribution < 1.29 is 19.6 Å². The number of non-ortho nitro benzene ring substituents is 1. The summed E-state index contributed by atoms with van der Waals surface area (Å²) in [5, 5.41) is 27.1. The lowest BCUT2D eigenvalue weighted by molar-refractivity contribution is -0.384. The van der Waals surface area contributed by atoms with Gasteiger partial charge in [0.05, 0.1) is 10.6 Å². The lowest BCUT2D eigenvalue weighted by atomic mass is 10.2. The molecule has 0 aliphatic carbocycles. The molecule has 0 atom stereocenters. The van der Waals surface area contributed by atoms with Gasteiger partial charge in [0.2, 0.25) is 0 Å². The molecule has 0 spiro atoms. The molecule has 0 aliphatic heterocycles. The van der Waals surface area contributed by atoms with Crippen LogP contribution >= 0.6 is 15.9 Å². The average molecular weight is 433 g/mol. The normalized spacial score (nSPS) is 10.4. The number of phenols is 1. The molecule has 2 N–H and O–H groups in total. The standard InChI is InChI=1S/C17H13BrN4O5/c18-11-1-4-13(5-2-11)27-10-21-8-7-14(20-21)17(24)19-15-9-12(22(25)26)3-6-16(15)23/h1-9,23H,10H2,(H,19,24). The van der Waals surface area contributed by atoms with E-state index in [1.54, 1.807) is 18.3 Å². The van der Waals surface area contributed by atoms with Gasteiger partial charge in [-0.1, -0.05) is 15.9 Å².